The molecule has 1 unspecified atom stereocenters. The number of benzene rings is 1. The van der Waals surface area contributed by atoms with Crippen molar-refractivity contribution < 1.29 is 13.9 Å². The van der Waals surface area contributed by atoms with Crippen LogP contribution in [-0.2, 0) is 4.79 Å². The lowest BCUT2D eigenvalue weighted by Gasteiger charge is -2.38. The van der Waals surface area contributed by atoms with Crippen molar-refractivity contribution in [2.45, 2.75) is 32.2 Å². The standard InChI is InChI=1S/C22H34FN5O2.HI/c1-16(18-7-8-20(30-3)19(23)15-18)26-22(24-2)25-9-10-27-11-13-28(14-12-27)21(29)17-5-4-6-17;/h7-8,15-17H,4-6,9-14H2,1-3H3,(H2,24,25,26);1H. The van der Waals surface area contributed by atoms with E-state index in [9.17, 15) is 9.18 Å². The molecule has 2 fully saturated rings. The Bertz CT molecular complexity index is 751. The lowest BCUT2D eigenvalue weighted by Crippen LogP contribution is -2.52. The molecule has 0 bridgehead atoms. The lowest BCUT2D eigenvalue weighted by atomic mass is 9.84. The Morgan fingerprint density at radius 1 is 1.29 bits per heavy atom. The second kappa shape index (κ2) is 12.4. The number of hydrogen-bond donors (Lipinski definition) is 2. The van der Waals surface area contributed by atoms with Gasteiger partial charge in [-0.15, -0.1) is 24.0 Å². The van der Waals surface area contributed by atoms with Crippen LogP contribution in [0.1, 0.15) is 37.8 Å². The van der Waals surface area contributed by atoms with Gasteiger partial charge in [0.15, 0.2) is 17.5 Å². The molecule has 1 aliphatic heterocycles. The molecule has 0 spiro atoms. The molecular weight excluding hydrogens is 512 g/mol. The van der Waals surface area contributed by atoms with Gasteiger partial charge in [-0.3, -0.25) is 14.7 Å². The number of carbonyl (C=O) groups excluding carboxylic acids is 1. The fourth-order valence-corrected chi connectivity index (χ4v) is 3.87. The van der Waals surface area contributed by atoms with Gasteiger partial charge in [-0.05, 0) is 37.5 Å². The molecule has 1 amide bonds. The first kappa shape index (κ1) is 25.6. The molecule has 1 aliphatic carbocycles. The van der Waals surface area contributed by atoms with E-state index >= 15 is 0 Å². The van der Waals surface area contributed by atoms with Gasteiger partial charge in [-0.2, -0.15) is 0 Å². The molecule has 3 rings (SSSR count). The summed E-state index contributed by atoms with van der Waals surface area (Å²) in [6, 6.07) is 4.86. The minimum absolute atomic E-state index is 0. The highest BCUT2D eigenvalue weighted by atomic mass is 127. The fraction of sp³-hybridized carbons (Fsp3) is 0.636. The van der Waals surface area contributed by atoms with Crippen molar-refractivity contribution in [1.29, 1.82) is 0 Å². The maximum absolute atomic E-state index is 14.0. The highest BCUT2D eigenvalue weighted by Crippen LogP contribution is 2.28. The molecule has 2 aliphatic rings. The minimum Gasteiger partial charge on any atom is -0.494 e. The summed E-state index contributed by atoms with van der Waals surface area (Å²) in [4.78, 5) is 21.0. The van der Waals surface area contributed by atoms with E-state index in [1.54, 1.807) is 13.1 Å². The second-order valence-corrected chi connectivity index (χ2v) is 8.05. The number of ether oxygens (including phenoxy) is 1. The van der Waals surface area contributed by atoms with E-state index in [0.29, 0.717) is 11.9 Å². The Morgan fingerprint density at radius 3 is 2.55 bits per heavy atom. The number of rotatable bonds is 7. The van der Waals surface area contributed by atoms with Crippen LogP contribution in [0.25, 0.3) is 0 Å². The lowest BCUT2D eigenvalue weighted by molar-refractivity contribution is -0.139. The Kier molecular flexibility index (Phi) is 10.3. The predicted octanol–water partition coefficient (Wildman–Crippen LogP) is 2.62. The highest BCUT2D eigenvalue weighted by molar-refractivity contribution is 14.0. The Morgan fingerprint density at radius 2 is 2.00 bits per heavy atom. The number of carbonyl (C=O) groups is 1. The number of halogens is 2. The van der Waals surface area contributed by atoms with Gasteiger partial charge < -0.3 is 20.3 Å². The number of nitrogens with one attached hydrogen (secondary N) is 2. The number of guanidine groups is 1. The molecule has 1 saturated carbocycles. The molecule has 0 radical (unpaired) electrons. The third kappa shape index (κ3) is 6.93. The van der Waals surface area contributed by atoms with Crippen molar-refractivity contribution in [2.75, 3.05) is 53.4 Å². The number of nitrogens with zero attached hydrogens (tertiary/aromatic N) is 3. The minimum atomic E-state index is -0.374. The van der Waals surface area contributed by atoms with Crippen molar-refractivity contribution in [3.63, 3.8) is 0 Å². The summed E-state index contributed by atoms with van der Waals surface area (Å²) in [6.07, 6.45) is 3.33. The van der Waals surface area contributed by atoms with Crippen molar-refractivity contribution in [2.24, 2.45) is 10.9 Å². The second-order valence-electron chi connectivity index (χ2n) is 8.05. The smallest absolute Gasteiger partial charge is 0.225 e. The molecule has 7 nitrogen and oxygen atoms in total. The summed E-state index contributed by atoms with van der Waals surface area (Å²) in [6.45, 7) is 7.07. The largest absolute Gasteiger partial charge is 0.494 e. The summed E-state index contributed by atoms with van der Waals surface area (Å²) in [7, 11) is 3.18. The van der Waals surface area contributed by atoms with Gasteiger partial charge in [0.25, 0.3) is 0 Å². The molecule has 2 N–H and O–H groups in total. The van der Waals surface area contributed by atoms with Gasteiger partial charge in [0, 0.05) is 52.2 Å². The fourth-order valence-electron chi connectivity index (χ4n) is 3.87. The van der Waals surface area contributed by atoms with Gasteiger partial charge in [-0.1, -0.05) is 12.5 Å². The van der Waals surface area contributed by atoms with Crippen LogP contribution in [0.15, 0.2) is 23.2 Å². The van der Waals surface area contributed by atoms with Crippen LogP contribution in [-0.4, -0.2) is 75.1 Å². The number of piperazine rings is 1. The number of aliphatic imine (C=N–C) groups is 1. The van der Waals surface area contributed by atoms with E-state index in [1.165, 1.54) is 19.6 Å². The van der Waals surface area contributed by atoms with Crippen LogP contribution < -0.4 is 15.4 Å². The van der Waals surface area contributed by atoms with Crippen LogP contribution in [0.5, 0.6) is 5.75 Å². The Hall–Kier alpha value is -1.62. The molecule has 1 atom stereocenters. The zero-order chi connectivity index (χ0) is 21.5. The highest BCUT2D eigenvalue weighted by Gasteiger charge is 2.31. The number of methoxy groups -OCH3 is 1. The van der Waals surface area contributed by atoms with E-state index < -0.39 is 0 Å². The summed E-state index contributed by atoms with van der Waals surface area (Å²) in [5.41, 5.74) is 0.823. The summed E-state index contributed by atoms with van der Waals surface area (Å²) in [5.74, 6) is 1.18. The topological polar surface area (TPSA) is 69.2 Å². The normalized spacial score (nSPS) is 18.6. The predicted molar refractivity (Wildman–Crippen MR) is 132 cm³/mol. The van der Waals surface area contributed by atoms with Gasteiger partial charge in [0.05, 0.1) is 13.2 Å². The maximum atomic E-state index is 14.0. The third-order valence-electron chi connectivity index (χ3n) is 6.11. The summed E-state index contributed by atoms with van der Waals surface area (Å²) in [5, 5.41) is 6.62. The molecular formula is C22H35FIN5O2. The molecule has 174 valence electrons. The van der Waals surface area contributed by atoms with Crippen LogP contribution in [0.4, 0.5) is 4.39 Å². The Labute approximate surface area is 201 Å². The Balaban J connectivity index is 0.00000341. The van der Waals surface area contributed by atoms with Crippen molar-refractivity contribution in [1.82, 2.24) is 20.4 Å². The average Bonchev–Trinajstić information content (AvgIpc) is 2.72. The molecule has 0 aromatic heterocycles. The van der Waals surface area contributed by atoms with Crippen LogP contribution in [0.3, 0.4) is 0 Å². The average molecular weight is 547 g/mol. The molecule has 1 aromatic carbocycles. The van der Waals surface area contributed by atoms with Crippen LogP contribution in [0, 0.1) is 11.7 Å². The van der Waals surface area contributed by atoms with Crippen molar-refractivity contribution in [3.8, 4) is 5.75 Å². The van der Waals surface area contributed by atoms with Crippen molar-refractivity contribution >= 4 is 35.8 Å². The molecule has 1 heterocycles. The summed E-state index contributed by atoms with van der Waals surface area (Å²) < 4.78 is 18.9. The van der Waals surface area contributed by atoms with Crippen LogP contribution >= 0.6 is 24.0 Å². The van der Waals surface area contributed by atoms with Gasteiger partial charge in [-0.25, -0.2) is 4.39 Å². The van der Waals surface area contributed by atoms with Gasteiger partial charge >= 0.3 is 0 Å². The van der Waals surface area contributed by atoms with E-state index in [0.717, 1.165) is 57.7 Å². The number of hydrogen-bond acceptors (Lipinski definition) is 4. The first-order valence-corrected chi connectivity index (χ1v) is 10.8. The van der Waals surface area contributed by atoms with E-state index in [1.807, 2.05) is 17.9 Å². The van der Waals surface area contributed by atoms with Crippen LogP contribution in [0.2, 0.25) is 0 Å². The molecule has 9 heteroatoms. The zero-order valence-corrected chi connectivity index (χ0v) is 21.0. The van der Waals surface area contributed by atoms with Crippen molar-refractivity contribution in [3.05, 3.63) is 29.6 Å². The molecule has 1 saturated heterocycles. The molecule has 31 heavy (non-hydrogen) atoms. The molecule has 1 aromatic rings. The van der Waals surface area contributed by atoms with Gasteiger partial charge in [0.2, 0.25) is 5.91 Å². The monoisotopic (exact) mass is 547 g/mol. The first-order valence-electron chi connectivity index (χ1n) is 10.8. The first-order chi connectivity index (χ1) is 14.5. The van der Waals surface area contributed by atoms with E-state index in [4.69, 9.17) is 4.74 Å². The summed E-state index contributed by atoms with van der Waals surface area (Å²) >= 11 is 0. The van der Waals surface area contributed by atoms with E-state index in [-0.39, 0.29) is 47.5 Å². The third-order valence-corrected chi connectivity index (χ3v) is 6.11. The maximum Gasteiger partial charge on any atom is 0.225 e. The van der Waals surface area contributed by atoms with Gasteiger partial charge in [0.1, 0.15) is 0 Å². The number of amides is 1. The quantitative estimate of drug-likeness (QED) is 0.312. The van der Waals surface area contributed by atoms with E-state index in [2.05, 4.69) is 20.5 Å². The SMILES string of the molecule is CN=C(NCCN1CCN(C(=O)C2CCC2)CC1)NC(C)c1ccc(OC)c(F)c1.I. The zero-order valence-electron chi connectivity index (χ0n) is 18.7.